The second-order valence-corrected chi connectivity index (χ2v) is 10.5. The molecule has 0 bridgehead atoms. The molecule has 0 spiro atoms. The first kappa shape index (κ1) is 25.8. The van der Waals surface area contributed by atoms with Gasteiger partial charge in [-0.1, -0.05) is 49.9 Å². The minimum atomic E-state index is -3.57. The predicted octanol–water partition coefficient (Wildman–Crippen LogP) is 1.99. The molecule has 10 nitrogen and oxygen atoms in total. The third-order valence-corrected chi connectivity index (χ3v) is 5.61. The minimum Gasteiger partial charge on any atom is -0.394 e. The molecule has 0 saturated carbocycles. The van der Waals surface area contributed by atoms with E-state index in [9.17, 15) is 18.3 Å². The van der Waals surface area contributed by atoms with E-state index >= 15 is 0 Å². The smallest absolute Gasteiger partial charge is 0.242 e. The number of hydrogen-bond donors (Lipinski definition) is 4. The van der Waals surface area contributed by atoms with Crippen LogP contribution in [0, 0.1) is 5.92 Å². The largest absolute Gasteiger partial charge is 0.394 e. The number of thioether (sulfide) groups is 1. The molecule has 1 heterocycles. The van der Waals surface area contributed by atoms with Crippen LogP contribution in [0.15, 0.2) is 29.4 Å². The van der Waals surface area contributed by atoms with E-state index in [4.69, 9.17) is 0 Å². The first-order chi connectivity index (χ1) is 15.0. The highest BCUT2D eigenvalue weighted by Crippen LogP contribution is 2.22. The summed E-state index contributed by atoms with van der Waals surface area (Å²) in [4.78, 5) is 23.7. The quantitative estimate of drug-likeness (QED) is 0.334. The standard InChI is InChI=1S/C20H30N6O4S2/c1-13(2)9-17(11-27)22-18-23-19(26-32(4,29)30)25-20(24-18)31-12-16-7-5-15(6-8-16)10-21-14(3)28/h5-8,13,17,27H,9-12H2,1-4H3,(H,21,28)(H2,22,23,24,25,26)/t17-/m1/s1. The highest BCUT2D eigenvalue weighted by molar-refractivity contribution is 7.98. The molecule has 1 atom stereocenters. The van der Waals surface area contributed by atoms with Gasteiger partial charge in [0.2, 0.25) is 27.8 Å². The van der Waals surface area contributed by atoms with E-state index in [-0.39, 0.29) is 30.5 Å². The second-order valence-electron chi connectivity index (χ2n) is 7.81. The molecule has 0 aliphatic carbocycles. The summed E-state index contributed by atoms with van der Waals surface area (Å²) in [5.74, 6) is 0.924. The van der Waals surface area contributed by atoms with E-state index in [0.717, 1.165) is 17.4 Å². The molecule has 32 heavy (non-hydrogen) atoms. The Bertz CT molecular complexity index is 1000. The van der Waals surface area contributed by atoms with E-state index in [1.165, 1.54) is 18.7 Å². The van der Waals surface area contributed by atoms with Crippen molar-refractivity contribution in [2.45, 2.75) is 50.7 Å². The van der Waals surface area contributed by atoms with Crippen LogP contribution in [0.3, 0.4) is 0 Å². The van der Waals surface area contributed by atoms with Crippen LogP contribution in [0.4, 0.5) is 11.9 Å². The predicted molar refractivity (Wildman–Crippen MR) is 126 cm³/mol. The summed E-state index contributed by atoms with van der Waals surface area (Å²) in [6, 6.07) is 7.49. The van der Waals surface area contributed by atoms with Crippen molar-refractivity contribution in [2.75, 3.05) is 22.9 Å². The number of rotatable bonds is 12. The van der Waals surface area contributed by atoms with Crippen LogP contribution in [0.2, 0.25) is 0 Å². The lowest BCUT2D eigenvalue weighted by Gasteiger charge is -2.18. The molecule has 176 valence electrons. The summed E-state index contributed by atoms with van der Waals surface area (Å²) in [6.45, 7) is 5.91. The van der Waals surface area contributed by atoms with Crippen LogP contribution in [-0.2, 0) is 27.1 Å². The van der Waals surface area contributed by atoms with Crippen LogP contribution in [-0.4, -0.2) is 53.3 Å². The number of carbonyl (C=O) groups excluding carboxylic acids is 1. The molecule has 1 amide bonds. The third-order valence-electron chi connectivity index (χ3n) is 4.13. The zero-order chi connectivity index (χ0) is 23.7. The van der Waals surface area contributed by atoms with Crippen LogP contribution >= 0.6 is 11.8 Å². The Morgan fingerprint density at radius 3 is 2.28 bits per heavy atom. The number of amides is 1. The lowest BCUT2D eigenvalue weighted by atomic mass is 10.0. The number of aliphatic hydroxyl groups is 1. The Kier molecular flexibility index (Phi) is 9.66. The highest BCUT2D eigenvalue weighted by atomic mass is 32.2. The fraction of sp³-hybridized carbons (Fsp3) is 0.500. The van der Waals surface area contributed by atoms with Gasteiger partial charge in [-0.05, 0) is 23.5 Å². The Morgan fingerprint density at radius 2 is 1.72 bits per heavy atom. The summed E-state index contributed by atoms with van der Waals surface area (Å²) >= 11 is 1.33. The summed E-state index contributed by atoms with van der Waals surface area (Å²) in [7, 11) is -3.57. The fourth-order valence-corrected chi connectivity index (χ4v) is 3.97. The molecule has 2 rings (SSSR count). The molecule has 0 fully saturated rings. The van der Waals surface area contributed by atoms with E-state index in [1.54, 1.807) is 0 Å². The molecule has 0 saturated heterocycles. The van der Waals surface area contributed by atoms with Gasteiger partial charge in [-0.25, -0.2) is 8.42 Å². The highest BCUT2D eigenvalue weighted by Gasteiger charge is 2.15. The molecule has 4 N–H and O–H groups in total. The number of sulfonamides is 1. The summed E-state index contributed by atoms with van der Waals surface area (Å²) < 4.78 is 25.6. The first-order valence-electron chi connectivity index (χ1n) is 10.1. The van der Waals surface area contributed by atoms with Gasteiger partial charge in [0, 0.05) is 19.2 Å². The lowest BCUT2D eigenvalue weighted by molar-refractivity contribution is -0.119. The molecular weight excluding hydrogens is 452 g/mol. The van der Waals surface area contributed by atoms with Crippen molar-refractivity contribution in [2.24, 2.45) is 5.92 Å². The van der Waals surface area contributed by atoms with Gasteiger partial charge in [-0.15, -0.1) is 0 Å². The topological polar surface area (TPSA) is 146 Å². The number of benzene rings is 1. The minimum absolute atomic E-state index is 0.0839. The average molecular weight is 483 g/mol. The monoisotopic (exact) mass is 482 g/mol. The normalized spacial score (nSPS) is 12.4. The number of carbonyl (C=O) groups is 1. The summed E-state index contributed by atoms with van der Waals surface area (Å²) in [6.07, 6.45) is 1.72. The molecule has 12 heteroatoms. The van der Waals surface area contributed by atoms with Crippen LogP contribution in [0.5, 0.6) is 0 Å². The number of aliphatic hydroxyl groups excluding tert-OH is 1. The van der Waals surface area contributed by atoms with Gasteiger partial charge < -0.3 is 15.7 Å². The van der Waals surface area contributed by atoms with E-state index in [0.29, 0.717) is 29.8 Å². The van der Waals surface area contributed by atoms with E-state index in [2.05, 4.69) is 30.3 Å². The number of anilines is 2. The maximum absolute atomic E-state index is 11.6. The first-order valence-corrected chi connectivity index (χ1v) is 13.0. The third kappa shape index (κ3) is 9.79. The van der Waals surface area contributed by atoms with Gasteiger partial charge in [0.15, 0.2) is 5.16 Å². The fourth-order valence-electron chi connectivity index (χ4n) is 2.76. The van der Waals surface area contributed by atoms with Gasteiger partial charge in [0.05, 0.1) is 18.9 Å². The molecule has 0 radical (unpaired) electrons. The van der Waals surface area contributed by atoms with Crippen molar-refractivity contribution in [3.05, 3.63) is 35.4 Å². The van der Waals surface area contributed by atoms with Crippen molar-refractivity contribution in [1.29, 1.82) is 0 Å². The molecular formula is C20H30N6O4S2. The Balaban J connectivity index is 2.14. The maximum Gasteiger partial charge on any atom is 0.242 e. The molecule has 0 aliphatic rings. The van der Waals surface area contributed by atoms with Crippen molar-refractivity contribution < 1.29 is 18.3 Å². The molecule has 2 aromatic rings. The SMILES string of the molecule is CC(=O)NCc1ccc(CSc2nc(N[C@@H](CO)CC(C)C)nc(NS(C)(=O)=O)n2)cc1. The van der Waals surface area contributed by atoms with Crippen molar-refractivity contribution in [3.63, 3.8) is 0 Å². The second kappa shape index (κ2) is 12.0. The lowest BCUT2D eigenvalue weighted by Crippen LogP contribution is -2.27. The Hall–Kier alpha value is -2.44. The van der Waals surface area contributed by atoms with Crippen LogP contribution in [0.25, 0.3) is 0 Å². The molecule has 0 aliphatic heterocycles. The zero-order valence-electron chi connectivity index (χ0n) is 18.6. The van der Waals surface area contributed by atoms with Gasteiger partial charge in [-0.3, -0.25) is 9.52 Å². The Labute approximate surface area is 193 Å². The number of hydrogen-bond acceptors (Lipinski definition) is 9. The summed E-state index contributed by atoms with van der Waals surface area (Å²) in [5, 5.41) is 15.8. The van der Waals surface area contributed by atoms with Gasteiger partial charge in [0.1, 0.15) is 0 Å². The summed E-state index contributed by atoms with van der Waals surface area (Å²) in [5.41, 5.74) is 2.00. The average Bonchev–Trinajstić information content (AvgIpc) is 2.69. The number of nitrogens with one attached hydrogen (secondary N) is 3. The number of aromatic nitrogens is 3. The zero-order valence-corrected chi connectivity index (χ0v) is 20.3. The molecule has 0 unspecified atom stereocenters. The molecule has 1 aromatic heterocycles. The van der Waals surface area contributed by atoms with Crippen LogP contribution < -0.4 is 15.4 Å². The van der Waals surface area contributed by atoms with Gasteiger partial charge >= 0.3 is 0 Å². The van der Waals surface area contributed by atoms with Crippen molar-refractivity contribution in [3.8, 4) is 0 Å². The van der Waals surface area contributed by atoms with Gasteiger partial charge in [-0.2, -0.15) is 15.0 Å². The number of nitrogens with zero attached hydrogens (tertiary/aromatic N) is 3. The molecule has 1 aromatic carbocycles. The van der Waals surface area contributed by atoms with E-state index in [1.807, 2.05) is 38.1 Å². The van der Waals surface area contributed by atoms with Crippen LogP contribution in [0.1, 0.15) is 38.3 Å². The maximum atomic E-state index is 11.6. The van der Waals surface area contributed by atoms with E-state index < -0.39 is 10.0 Å². The van der Waals surface area contributed by atoms with Crippen molar-refractivity contribution >= 4 is 39.6 Å². The Morgan fingerprint density at radius 1 is 1.09 bits per heavy atom. The van der Waals surface area contributed by atoms with Gasteiger partial charge in [0.25, 0.3) is 0 Å². The van der Waals surface area contributed by atoms with Crippen molar-refractivity contribution in [1.82, 2.24) is 20.3 Å².